The van der Waals surface area contributed by atoms with E-state index in [-0.39, 0.29) is 5.91 Å². The molecule has 0 radical (unpaired) electrons. The summed E-state index contributed by atoms with van der Waals surface area (Å²) in [7, 11) is 2.07. The van der Waals surface area contributed by atoms with Crippen LogP contribution in [0.3, 0.4) is 0 Å². The second-order valence-corrected chi connectivity index (χ2v) is 11.8. The smallest absolute Gasteiger partial charge is 0.246 e. The van der Waals surface area contributed by atoms with Gasteiger partial charge in [-0.3, -0.25) is 4.79 Å². The van der Waals surface area contributed by atoms with Crippen molar-refractivity contribution in [1.29, 1.82) is 0 Å². The molecule has 204 valence electrons. The molecule has 1 aliphatic heterocycles. The minimum absolute atomic E-state index is 0.0669. The highest BCUT2D eigenvalue weighted by Gasteiger charge is 2.25. The highest BCUT2D eigenvalue weighted by Crippen LogP contribution is 2.38. The summed E-state index contributed by atoms with van der Waals surface area (Å²) in [6.45, 7) is 7.21. The fourth-order valence-electron chi connectivity index (χ4n) is 5.18. The maximum absolute atomic E-state index is 12.9. The van der Waals surface area contributed by atoms with Gasteiger partial charge in [-0.25, -0.2) is 9.97 Å². The monoisotopic (exact) mass is 550 g/mol. The molecule has 0 bridgehead atoms. The van der Waals surface area contributed by atoms with E-state index in [1.54, 1.807) is 23.7 Å². The van der Waals surface area contributed by atoms with Crippen molar-refractivity contribution < 1.29 is 4.79 Å². The van der Waals surface area contributed by atoms with Crippen LogP contribution in [0.4, 0.5) is 11.5 Å². The molecule has 0 saturated heterocycles. The van der Waals surface area contributed by atoms with Crippen LogP contribution in [0.2, 0.25) is 0 Å². The fraction of sp³-hybridized carbons (Fsp3) is 0.281. The Kier molecular flexibility index (Phi) is 7.36. The van der Waals surface area contributed by atoms with E-state index in [4.69, 9.17) is 0 Å². The number of hydrogen-bond donors (Lipinski definition) is 1. The quantitative estimate of drug-likeness (QED) is 0.232. The van der Waals surface area contributed by atoms with Gasteiger partial charge in [-0.2, -0.15) is 0 Å². The number of nitrogens with zero attached hydrogens (tertiary/aromatic N) is 5. The van der Waals surface area contributed by atoms with Gasteiger partial charge < -0.3 is 19.7 Å². The Morgan fingerprint density at radius 1 is 1.15 bits per heavy atom. The first-order valence-corrected chi connectivity index (χ1v) is 14.6. The lowest BCUT2D eigenvalue weighted by atomic mass is 10.0. The number of likely N-dealkylation sites (N-methyl/N-ethyl adjacent to an activating group) is 1. The number of hydrogen-bond acceptors (Lipinski definition) is 6. The number of nitrogens with one attached hydrogen (secondary N) is 1. The topological polar surface area (TPSA) is 66.3 Å². The van der Waals surface area contributed by atoms with Crippen molar-refractivity contribution in [3.05, 3.63) is 95.3 Å². The van der Waals surface area contributed by atoms with Crippen molar-refractivity contribution in [2.24, 2.45) is 0 Å². The molecule has 7 nitrogen and oxygen atoms in total. The Balaban J connectivity index is 1.20. The van der Waals surface area contributed by atoms with Crippen LogP contribution in [0.1, 0.15) is 29.9 Å². The van der Waals surface area contributed by atoms with Crippen LogP contribution in [0.25, 0.3) is 21.1 Å². The zero-order chi connectivity index (χ0) is 27.6. The summed E-state index contributed by atoms with van der Waals surface area (Å²) in [6, 6.07) is 19.6. The molecule has 40 heavy (non-hydrogen) atoms. The van der Waals surface area contributed by atoms with Gasteiger partial charge in [-0.05, 0) is 62.7 Å². The Morgan fingerprint density at radius 3 is 2.83 bits per heavy atom. The van der Waals surface area contributed by atoms with E-state index in [0.717, 1.165) is 41.2 Å². The van der Waals surface area contributed by atoms with Gasteiger partial charge in [-0.15, -0.1) is 11.3 Å². The second-order valence-electron chi connectivity index (χ2n) is 10.7. The van der Waals surface area contributed by atoms with E-state index < -0.39 is 0 Å². The third-order valence-electron chi connectivity index (χ3n) is 7.71. The average molecular weight is 551 g/mol. The van der Waals surface area contributed by atoms with Crippen LogP contribution >= 0.6 is 11.3 Å². The number of anilines is 2. The lowest BCUT2D eigenvalue weighted by Crippen LogP contribution is -2.34. The summed E-state index contributed by atoms with van der Waals surface area (Å²) in [4.78, 5) is 28.4. The van der Waals surface area contributed by atoms with Crippen LogP contribution < -0.4 is 5.32 Å². The largest absolute Gasteiger partial charge is 0.343 e. The van der Waals surface area contributed by atoms with Crippen molar-refractivity contribution in [3.63, 3.8) is 0 Å². The molecule has 0 saturated carbocycles. The highest BCUT2D eigenvalue weighted by molar-refractivity contribution is 7.19. The van der Waals surface area contributed by atoms with Crippen molar-refractivity contribution in [2.75, 3.05) is 25.5 Å². The number of carbonyl (C=O) groups excluding carboxylic acids is 1. The molecule has 5 aromatic rings. The first kappa shape index (κ1) is 26.2. The number of benzene rings is 2. The third kappa shape index (κ3) is 5.37. The van der Waals surface area contributed by atoms with E-state index in [1.165, 1.54) is 26.9 Å². The van der Waals surface area contributed by atoms with Gasteiger partial charge in [0, 0.05) is 59.4 Å². The number of carbonyl (C=O) groups is 1. The lowest BCUT2D eigenvalue weighted by molar-refractivity contribution is -0.126. The normalized spacial score (nSPS) is 13.7. The van der Waals surface area contributed by atoms with Crippen LogP contribution in [0.5, 0.6) is 0 Å². The summed E-state index contributed by atoms with van der Waals surface area (Å²) in [5, 5.41) is 5.82. The van der Waals surface area contributed by atoms with Crippen molar-refractivity contribution in [2.45, 2.75) is 39.4 Å². The molecule has 1 amide bonds. The Labute approximate surface area is 238 Å². The molecule has 0 atom stereocenters. The molecular formula is C32H34N6OS. The minimum Gasteiger partial charge on any atom is -0.343 e. The van der Waals surface area contributed by atoms with E-state index in [1.807, 2.05) is 17.0 Å². The van der Waals surface area contributed by atoms with Gasteiger partial charge >= 0.3 is 0 Å². The summed E-state index contributed by atoms with van der Waals surface area (Å²) in [5.41, 5.74) is 4.73. The number of fused-ring (bicyclic) bond motifs is 4. The first-order chi connectivity index (χ1) is 19.5. The lowest BCUT2D eigenvalue weighted by Gasteiger charge is -2.26. The van der Waals surface area contributed by atoms with E-state index in [2.05, 4.69) is 100 Å². The van der Waals surface area contributed by atoms with E-state index in [9.17, 15) is 4.79 Å². The third-order valence-corrected chi connectivity index (χ3v) is 8.84. The molecule has 0 fully saturated rings. The predicted molar refractivity (Wildman–Crippen MR) is 164 cm³/mol. The van der Waals surface area contributed by atoms with Crippen LogP contribution in [0.15, 0.2) is 79.3 Å². The highest BCUT2D eigenvalue weighted by atomic mass is 32.1. The van der Waals surface area contributed by atoms with Gasteiger partial charge in [0.25, 0.3) is 0 Å². The van der Waals surface area contributed by atoms with Crippen molar-refractivity contribution in [3.8, 4) is 0 Å². The van der Waals surface area contributed by atoms with Gasteiger partial charge in [-0.1, -0.05) is 36.4 Å². The molecule has 0 spiro atoms. The molecule has 3 aromatic heterocycles. The number of amides is 1. The zero-order valence-corrected chi connectivity index (χ0v) is 24.0. The molecule has 1 aliphatic rings. The standard InChI is InChI=1S/C32H34N6OS/c1-22(2)36(3)15-7-10-29(39)38-17-14-26-28(20-38)40-32-30(26)31(33-21-34-32)35-25-11-12-27-24(18-25)13-16-37(27)19-23-8-5-4-6-9-23/h4-13,16,18,21-22H,14-15,17,19-20H2,1-3H3,(H,33,34,35)/b10-7+. The Bertz CT molecular complexity index is 1690. The van der Waals surface area contributed by atoms with Gasteiger partial charge in [0.2, 0.25) is 5.91 Å². The van der Waals surface area contributed by atoms with E-state index in [0.29, 0.717) is 19.1 Å². The molecule has 8 heteroatoms. The molecule has 0 unspecified atom stereocenters. The second kappa shape index (κ2) is 11.2. The maximum Gasteiger partial charge on any atom is 0.246 e. The fourth-order valence-corrected chi connectivity index (χ4v) is 6.38. The average Bonchev–Trinajstić information content (AvgIpc) is 3.54. The minimum atomic E-state index is 0.0669. The maximum atomic E-state index is 12.9. The van der Waals surface area contributed by atoms with Crippen LogP contribution in [-0.4, -0.2) is 56.4 Å². The van der Waals surface area contributed by atoms with Gasteiger partial charge in [0.15, 0.2) is 0 Å². The Hall–Kier alpha value is -4.01. The molecule has 1 N–H and O–H groups in total. The van der Waals surface area contributed by atoms with Gasteiger partial charge in [0.05, 0.1) is 11.9 Å². The summed E-state index contributed by atoms with van der Waals surface area (Å²) in [5.74, 6) is 0.888. The van der Waals surface area contributed by atoms with E-state index >= 15 is 0 Å². The zero-order valence-electron chi connectivity index (χ0n) is 23.2. The molecule has 6 rings (SSSR count). The number of aromatic nitrogens is 3. The predicted octanol–water partition coefficient (Wildman–Crippen LogP) is 6.22. The molecule has 4 heterocycles. The molecule has 0 aliphatic carbocycles. The molecule has 2 aromatic carbocycles. The Morgan fingerprint density at radius 2 is 2.00 bits per heavy atom. The summed E-state index contributed by atoms with van der Waals surface area (Å²) in [6.07, 6.45) is 8.24. The summed E-state index contributed by atoms with van der Waals surface area (Å²) < 4.78 is 2.28. The number of thiophene rings is 1. The first-order valence-electron chi connectivity index (χ1n) is 13.8. The van der Waals surface area contributed by atoms with Crippen LogP contribution in [0, 0.1) is 0 Å². The SMILES string of the molecule is CC(C)N(C)C/C=C/C(=O)N1CCc2c(sc3ncnc(Nc4ccc5c(ccn5Cc5ccccc5)c4)c23)C1. The number of rotatable bonds is 8. The molecular weight excluding hydrogens is 516 g/mol. The summed E-state index contributed by atoms with van der Waals surface area (Å²) >= 11 is 1.66. The van der Waals surface area contributed by atoms with Crippen molar-refractivity contribution >= 4 is 49.9 Å². The van der Waals surface area contributed by atoms with Crippen molar-refractivity contribution in [1.82, 2.24) is 24.3 Å². The van der Waals surface area contributed by atoms with Gasteiger partial charge in [0.1, 0.15) is 17.0 Å². The van der Waals surface area contributed by atoms with Crippen LogP contribution in [-0.2, 0) is 24.3 Å².